The fourth-order valence-electron chi connectivity index (χ4n) is 2.77. The summed E-state index contributed by atoms with van der Waals surface area (Å²) in [4.78, 5) is 0. The molecule has 0 unspecified atom stereocenters. The van der Waals surface area contributed by atoms with E-state index in [0.29, 0.717) is 5.31 Å². The van der Waals surface area contributed by atoms with Gasteiger partial charge in [-0.15, -0.1) is 0 Å². The van der Waals surface area contributed by atoms with Crippen molar-refractivity contribution >= 4 is 7.28 Å². The van der Waals surface area contributed by atoms with Crippen molar-refractivity contribution in [2.45, 2.75) is 70.4 Å². The van der Waals surface area contributed by atoms with E-state index in [1.54, 1.807) is 0 Å². The molecule has 0 spiro atoms. The van der Waals surface area contributed by atoms with Gasteiger partial charge in [-0.2, -0.15) is 0 Å². The average molecular weight is 166 g/mol. The van der Waals surface area contributed by atoms with Crippen molar-refractivity contribution in [3.8, 4) is 0 Å². The Morgan fingerprint density at radius 2 is 1.83 bits per heavy atom. The van der Waals surface area contributed by atoms with Crippen molar-refractivity contribution in [2.75, 3.05) is 0 Å². The molecule has 70 valence electrons. The van der Waals surface area contributed by atoms with Gasteiger partial charge in [0.2, 0.25) is 0 Å². The Morgan fingerprint density at radius 3 is 2.33 bits per heavy atom. The molecule has 1 heteroatoms. The van der Waals surface area contributed by atoms with Crippen LogP contribution < -0.4 is 0 Å². The molecule has 1 aliphatic rings. The van der Waals surface area contributed by atoms with Crippen LogP contribution in [0.5, 0.6) is 0 Å². The lowest BCUT2D eigenvalue weighted by atomic mass is 9.45. The number of hydrogen-bond acceptors (Lipinski definition) is 0. The molecule has 1 saturated carbocycles. The molecule has 0 radical (unpaired) electrons. The molecule has 0 aliphatic heterocycles. The second-order valence-corrected chi connectivity index (χ2v) is 5.27. The van der Waals surface area contributed by atoms with Gasteiger partial charge in [-0.1, -0.05) is 70.4 Å². The summed E-state index contributed by atoms with van der Waals surface area (Å²) in [6.45, 7) is 7.18. The van der Waals surface area contributed by atoms with Crippen molar-refractivity contribution in [1.29, 1.82) is 0 Å². The Kier molecular flexibility index (Phi) is 3.67. The smallest absolute Gasteiger partial charge is 0.0668 e. The summed E-state index contributed by atoms with van der Waals surface area (Å²) in [5.74, 6) is 1.06. The molecule has 1 fully saturated rings. The van der Waals surface area contributed by atoms with E-state index in [4.69, 9.17) is 0 Å². The van der Waals surface area contributed by atoms with Crippen molar-refractivity contribution in [2.24, 2.45) is 0 Å². The molecule has 0 amide bonds. The van der Waals surface area contributed by atoms with Crippen LogP contribution in [0.3, 0.4) is 0 Å². The van der Waals surface area contributed by atoms with Gasteiger partial charge < -0.3 is 0 Å². The van der Waals surface area contributed by atoms with Crippen molar-refractivity contribution in [3.05, 3.63) is 0 Å². The fraction of sp³-hybridized carbons (Fsp3) is 1.00. The van der Waals surface area contributed by atoms with E-state index in [1.807, 2.05) is 0 Å². The van der Waals surface area contributed by atoms with Crippen molar-refractivity contribution in [1.82, 2.24) is 0 Å². The van der Waals surface area contributed by atoms with E-state index in [2.05, 4.69) is 20.8 Å². The second-order valence-electron chi connectivity index (χ2n) is 5.27. The van der Waals surface area contributed by atoms with Gasteiger partial charge in [-0.3, -0.25) is 0 Å². The first kappa shape index (κ1) is 10.1. The van der Waals surface area contributed by atoms with Gasteiger partial charge in [0.15, 0.2) is 0 Å². The quantitative estimate of drug-likeness (QED) is 0.557. The zero-order valence-corrected chi connectivity index (χ0v) is 9.03. The van der Waals surface area contributed by atoms with E-state index in [9.17, 15) is 0 Å². The summed E-state index contributed by atoms with van der Waals surface area (Å²) >= 11 is 0. The molecular weight excluding hydrogens is 143 g/mol. The van der Waals surface area contributed by atoms with E-state index < -0.39 is 0 Å². The third-order valence-electron chi connectivity index (χ3n) is 3.24. The minimum Gasteiger partial charge on any atom is -0.0668 e. The maximum atomic E-state index is 2.44. The molecule has 0 atom stereocenters. The normalized spacial score (nSPS) is 19.9. The van der Waals surface area contributed by atoms with Gasteiger partial charge in [0.05, 0.1) is 0 Å². The second kappa shape index (κ2) is 4.34. The molecular formula is C11H23B. The first-order valence-electron chi connectivity index (χ1n) is 5.64. The fourth-order valence-corrected chi connectivity index (χ4v) is 2.77. The van der Waals surface area contributed by atoms with Crippen LogP contribution in [0.15, 0.2) is 0 Å². The first-order chi connectivity index (χ1) is 5.64. The first-order valence-corrected chi connectivity index (χ1v) is 5.64. The molecule has 0 bridgehead atoms. The van der Waals surface area contributed by atoms with Crippen molar-refractivity contribution < 1.29 is 0 Å². The summed E-state index contributed by atoms with van der Waals surface area (Å²) in [6.07, 6.45) is 8.75. The zero-order valence-electron chi connectivity index (χ0n) is 9.03. The van der Waals surface area contributed by atoms with Crippen LogP contribution in [0.25, 0.3) is 0 Å². The molecule has 0 N–H and O–H groups in total. The van der Waals surface area contributed by atoms with E-state index in [0.717, 1.165) is 5.82 Å². The maximum Gasteiger partial charge on any atom is 0.130 e. The van der Waals surface area contributed by atoms with Crippen LogP contribution in [0, 0.1) is 0 Å². The molecule has 0 aromatic heterocycles. The highest BCUT2D eigenvalue weighted by molar-refractivity contribution is 6.41. The lowest BCUT2D eigenvalue weighted by molar-refractivity contribution is 0.580. The summed E-state index contributed by atoms with van der Waals surface area (Å²) in [6, 6.07) is 0. The number of hydrogen-bond donors (Lipinski definition) is 0. The van der Waals surface area contributed by atoms with Gasteiger partial charge in [-0.05, 0) is 0 Å². The summed E-state index contributed by atoms with van der Waals surface area (Å²) < 4.78 is 0. The van der Waals surface area contributed by atoms with Gasteiger partial charge in [0.25, 0.3) is 0 Å². The van der Waals surface area contributed by atoms with Crippen LogP contribution in [0.2, 0.25) is 11.1 Å². The number of rotatable bonds is 4. The minimum atomic E-state index is 0.615. The standard InChI is InChI=1S/C11H23B/c1-4-9-11(2,3)12-10-7-5-6-8-10/h10,12H,4-9H2,1-3H3. The lowest BCUT2D eigenvalue weighted by Gasteiger charge is -2.25. The molecule has 1 aliphatic carbocycles. The van der Waals surface area contributed by atoms with Crippen LogP contribution in [0.1, 0.15) is 59.3 Å². The highest BCUT2D eigenvalue weighted by atomic mass is 14.2. The lowest BCUT2D eigenvalue weighted by Crippen LogP contribution is -2.16. The molecule has 0 heterocycles. The Balaban J connectivity index is 2.27. The Labute approximate surface area is 78.4 Å². The Morgan fingerprint density at radius 1 is 1.25 bits per heavy atom. The summed E-state index contributed by atoms with van der Waals surface area (Å²) in [7, 11) is 1.47. The van der Waals surface area contributed by atoms with E-state index >= 15 is 0 Å². The summed E-state index contributed by atoms with van der Waals surface area (Å²) in [5, 5.41) is 0.615. The van der Waals surface area contributed by atoms with Crippen LogP contribution in [0.4, 0.5) is 0 Å². The molecule has 0 saturated heterocycles. The van der Waals surface area contributed by atoms with Crippen LogP contribution >= 0.6 is 0 Å². The molecule has 0 nitrogen and oxygen atoms in total. The Hall–Kier alpha value is 0.0649. The largest absolute Gasteiger partial charge is 0.130 e. The van der Waals surface area contributed by atoms with Gasteiger partial charge >= 0.3 is 0 Å². The Bertz CT molecular complexity index is 123. The highest BCUT2D eigenvalue weighted by Gasteiger charge is 2.26. The van der Waals surface area contributed by atoms with Crippen LogP contribution in [-0.4, -0.2) is 7.28 Å². The van der Waals surface area contributed by atoms with Crippen molar-refractivity contribution in [3.63, 3.8) is 0 Å². The summed E-state index contributed by atoms with van der Waals surface area (Å²) in [5.41, 5.74) is 0. The average Bonchev–Trinajstić information content (AvgIpc) is 2.38. The maximum absolute atomic E-state index is 2.44. The zero-order chi connectivity index (χ0) is 9.03. The van der Waals surface area contributed by atoms with Gasteiger partial charge in [-0.25, -0.2) is 0 Å². The molecule has 1 rings (SSSR count). The van der Waals surface area contributed by atoms with Gasteiger partial charge in [0.1, 0.15) is 7.28 Å². The van der Waals surface area contributed by atoms with Gasteiger partial charge in [0, 0.05) is 0 Å². The minimum absolute atomic E-state index is 0.615. The monoisotopic (exact) mass is 166 g/mol. The van der Waals surface area contributed by atoms with E-state index in [-0.39, 0.29) is 0 Å². The topological polar surface area (TPSA) is 0 Å². The third kappa shape index (κ3) is 3.20. The molecule has 0 aromatic carbocycles. The van der Waals surface area contributed by atoms with Crippen LogP contribution in [-0.2, 0) is 0 Å². The highest BCUT2D eigenvalue weighted by Crippen LogP contribution is 2.39. The SMILES string of the molecule is CCCC(C)(C)BC1CCCC1. The molecule has 0 aromatic rings. The predicted octanol–water partition coefficient (Wildman–Crippen LogP) is 3.78. The third-order valence-corrected chi connectivity index (χ3v) is 3.24. The molecule has 12 heavy (non-hydrogen) atoms. The predicted molar refractivity (Wildman–Crippen MR) is 58.3 cm³/mol. The van der Waals surface area contributed by atoms with E-state index in [1.165, 1.54) is 45.8 Å².